The van der Waals surface area contributed by atoms with E-state index in [0.717, 1.165) is 4.57 Å². The van der Waals surface area contributed by atoms with Crippen molar-refractivity contribution >= 4 is 0 Å². The molecule has 5 heteroatoms. The molecule has 0 atom stereocenters. The summed E-state index contributed by atoms with van der Waals surface area (Å²) in [6.07, 6.45) is 5.42. The van der Waals surface area contributed by atoms with Crippen LogP contribution in [-0.2, 0) is 6.54 Å². The van der Waals surface area contributed by atoms with Gasteiger partial charge in [0.2, 0.25) is 5.88 Å². The van der Waals surface area contributed by atoms with Crippen molar-refractivity contribution < 1.29 is 5.11 Å². The molecule has 0 unspecified atom stereocenters. The van der Waals surface area contributed by atoms with Gasteiger partial charge in [0.05, 0.1) is 0 Å². The van der Waals surface area contributed by atoms with Crippen LogP contribution in [0.25, 0.3) is 11.1 Å². The Balaban J connectivity index is 2.66. The van der Waals surface area contributed by atoms with E-state index in [-0.39, 0.29) is 24.4 Å². The van der Waals surface area contributed by atoms with Crippen molar-refractivity contribution in [1.82, 2.24) is 9.55 Å². The van der Waals surface area contributed by atoms with Gasteiger partial charge in [0.1, 0.15) is 5.56 Å². The maximum absolute atomic E-state index is 11.8. The number of aromatic hydroxyl groups is 1. The quantitative estimate of drug-likeness (QED) is 0.802. The molecule has 2 N–H and O–H groups in total. The molecule has 0 amide bonds. The zero-order chi connectivity index (χ0) is 13.8. The topological polar surface area (TPSA) is 75.1 Å². The van der Waals surface area contributed by atoms with Crippen molar-refractivity contribution in [3.05, 3.63) is 51.2 Å². The number of H-pyrrole nitrogens is 1. The standard InChI is InChI=1S/C14H12N2O3/c1-2-3-9-16-13(18)11(12(17)15-14(16)19)10-7-5-4-6-8-10/h1,4-8,18H,3,9H2,(H,15,17,19). The molecule has 0 radical (unpaired) electrons. The fraction of sp³-hybridized carbons (Fsp3) is 0.143. The summed E-state index contributed by atoms with van der Waals surface area (Å²) in [5, 5.41) is 10.1. The summed E-state index contributed by atoms with van der Waals surface area (Å²) in [5.74, 6) is 2.02. The van der Waals surface area contributed by atoms with Crippen LogP contribution in [0.2, 0.25) is 0 Å². The van der Waals surface area contributed by atoms with Crippen LogP contribution >= 0.6 is 0 Å². The monoisotopic (exact) mass is 256 g/mol. The lowest BCUT2D eigenvalue weighted by Crippen LogP contribution is -2.31. The van der Waals surface area contributed by atoms with Crippen LogP contribution in [0.1, 0.15) is 6.42 Å². The molecule has 0 bridgehead atoms. The highest BCUT2D eigenvalue weighted by Gasteiger charge is 2.15. The maximum Gasteiger partial charge on any atom is 0.331 e. The highest BCUT2D eigenvalue weighted by atomic mass is 16.3. The molecule has 0 spiro atoms. The number of aromatic amines is 1. The second kappa shape index (κ2) is 5.27. The predicted octanol–water partition coefficient (Wildman–Crippen LogP) is 0.932. The van der Waals surface area contributed by atoms with Gasteiger partial charge in [-0.25, -0.2) is 4.79 Å². The fourth-order valence-corrected chi connectivity index (χ4v) is 1.81. The van der Waals surface area contributed by atoms with Gasteiger partial charge in [-0.05, 0) is 5.56 Å². The van der Waals surface area contributed by atoms with Gasteiger partial charge >= 0.3 is 5.69 Å². The molecule has 0 fully saturated rings. The predicted molar refractivity (Wildman–Crippen MR) is 71.9 cm³/mol. The molecule has 0 aliphatic rings. The van der Waals surface area contributed by atoms with Gasteiger partial charge in [-0.15, -0.1) is 12.3 Å². The van der Waals surface area contributed by atoms with Gasteiger partial charge in [0, 0.05) is 13.0 Å². The Morgan fingerprint density at radius 2 is 1.95 bits per heavy atom. The third-order valence-electron chi connectivity index (χ3n) is 2.71. The Bertz CT molecular complexity index is 736. The van der Waals surface area contributed by atoms with Crippen molar-refractivity contribution in [3.8, 4) is 29.4 Å². The van der Waals surface area contributed by atoms with Crippen LogP contribution in [0, 0.1) is 12.3 Å². The molecule has 0 aliphatic carbocycles. The number of hydrogen-bond donors (Lipinski definition) is 2. The summed E-state index contributed by atoms with van der Waals surface area (Å²) in [6, 6.07) is 8.64. The minimum atomic E-state index is -0.669. The summed E-state index contributed by atoms with van der Waals surface area (Å²) in [6.45, 7) is 0.151. The Morgan fingerprint density at radius 1 is 1.26 bits per heavy atom. The molecule has 1 aromatic heterocycles. The summed E-state index contributed by atoms with van der Waals surface area (Å²) in [4.78, 5) is 25.6. The lowest BCUT2D eigenvalue weighted by molar-refractivity contribution is 0.404. The number of benzene rings is 1. The van der Waals surface area contributed by atoms with Gasteiger partial charge in [-0.2, -0.15) is 0 Å². The third kappa shape index (κ3) is 2.43. The lowest BCUT2D eigenvalue weighted by Gasteiger charge is -2.10. The van der Waals surface area contributed by atoms with E-state index >= 15 is 0 Å². The van der Waals surface area contributed by atoms with Crippen LogP contribution in [0.4, 0.5) is 0 Å². The van der Waals surface area contributed by atoms with Crippen molar-refractivity contribution in [2.45, 2.75) is 13.0 Å². The van der Waals surface area contributed by atoms with Crippen molar-refractivity contribution in [2.75, 3.05) is 0 Å². The van der Waals surface area contributed by atoms with Crippen molar-refractivity contribution in [1.29, 1.82) is 0 Å². The average Bonchev–Trinajstić information content (AvgIpc) is 2.39. The number of aromatic nitrogens is 2. The Kier molecular flexibility index (Phi) is 3.53. The van der Waals surface area contributed by atoms with Crippen LogP contribution < -0.4 is 11.2 Å². The second-order valence-electron chi connectivity index (χ2n) is 3.93. The summed E-state index contributed by atoms with van der Waals surface area (Å²) >= 11 is 0. The number of hydrogen-bond acceptors (Lipinski definition) is 3. The molecule has 19 heavy (non-hydrogen) atoms. The minimum Gasteiger partial charge on any atom is -0.494 e. The van der Waals surface area contributed by atoms with E-state index in [4.69, 9.17) is 6.42 Å². The second-order valence-corrected chi connectivity index (χ2v) is 3.93. The Hall–Kier alpha value is -2.74. The third-order valence-corrected chi connectivity index (χ3v) is 2.71. The molecule has 2 aromatic rings. The number of terminal acetylenes is 1. The summed E-state index contributed by atoms with van der Waals surface area (Å²) in [7, 11) is 0. The number of rotatable bonds is 3. The molecule has 2 rings (SSSR count). The van der Waals surface area contributed by atoms with E-state index in [1.807, 2.05) is 0 Å². The van der Waals surface area contributed by atoms with Crippen LogP contribution in [0.3, 0.4) is 0 Å². The van der Waals surface area contributed by atoms with Crippen molar-refractivity contribution in [3.63, 3.8) is 0 Å². The van der Waals surface area contributed by atoms with Gasteiger partial charge in [0.25, 0.3) is 5.56 Å². The fourth-order valence-electron chi connectivity index (χ4n) is 1.81. The van der Waals surface area contributed by atoms with Gasteiger partial charge in [0.15, 0.2) is 0 Å². The van der Waals surface area contributed by atoms with Crippen LogP contribution in [0.5, 0.6) is 5.88 Å². The number of nitrogens with zero attached hydrogens (tertiary/aromatic N) is 1. The van der Waals surface area contributed by atoms with Crippen LogP contribution in [-0.4, -0.2) is 14.7 Å². The maximum atomic E-state index is 11.8. The molecular formula is C14H12N2O3. The molecule has 0 aliphatic heterocycles. The number of nitrogens with one attached hydrogen (secondary N) is 1. The first-order chi connectivity index (χ1) is 9.15. The van der Waals surface area contributed by atoms with E-state index in [9.17, 15) is 14.7 Å². The SMILES string of the molecule is C#CCCn1c(O)c(-c2ccccc2)c(=O)[nH]c1=O. The van der Waals surface area contributed by atoms with E-state index in [1.54, 1.807) is 30.3 Å². The molecule has 1 heterocycles. The first-order valence-corrected chi connectivity index (χ1v) is 5.70. The Morgan fingerprint density at radius 3 is 2.58 bits per heavy atom. The molecule has 1 aromatic carbocycles. The average molecular weight is 256 g/mol. The molecule has 0 saturated carbocycles. The minimum absolute atomic E-state index is 0.0669. The summed E-state index contributed by atoms with van der Waals surface area (Å²) in [5.41, 5.74) is -0.684. The first kappa shape index (κ1) is 12.7. The van der Waals surface area contributed by atoms with Gasteiger partial charge in [-0.3, -0.25) is 14.3 Å². The molecular weight excluding hydrogens is 244 g/mol. The smallest absolute Gasteiger partial charge is 0.331 e. The van der Waals surface area contributed by atoms with E-state index in [2.05, 4.69) is 10.9 Å². The Labute approximate surface area is 109 Å². The summed E-state index contributed by atoms with van der Waals surface area (Å²) < 4.78 is 1.06. The molecule has 96 valence electrons. The van der Waals surface area contributed by atoms with E-state index in [1.165, 1.54) is 0 Å². The lowest BCUT2D eigenvalue weighted by atomic mass is 10.1. The normalized spacial score (nSPS) is 10.1. The van der Waals surface area contributed by atoms with E-state index < -0.39 is 11.2 Å². The van der Waals surface area contributed by atoms with E-state index in [0.29, 0.717) is 5.56 Å². The molecule has 0 saturated heterocycles. The van der Waals surface area contributed by atoms with Crippen molar-refractivity contribution in [2.24, 2.45) is 0 Å². The van der Waals surface area contributed by atoms with Gasteiger partial charge in [-0.1, -0.05) is 30.3 Å². The zero-order valence-electron chi connectivity index (χ0n) is 10.1. The zero-order valence-corrected chi connectivity index (χ0v) is 10.1. The largest absolute Gasteiger partial charge is 0.494 e. The first-order valence-electron chi connectivity index (χ1n) is 5.70. The van der Waals surface area contributed by atoms with Crippen LogP contribution in [0.15, 0.2) is 39.9 Å². The highest BCUT2D eigenvalue weighted by Crippen LogP contribution is 2.23. The van der Waals surface area contributed by atoms with Gasteiger partial charge < -0.3 is 5.11 Å². The molecule has 5 nitrogen and oxygen atoms in total. The highest BCUT2D eigenvalue weighted by molar-refractivity contribution is 5.67.